The first kappa shape index (κ1) is 18.8. The Morgan fingerprint density at radius 2 is 1.78 bits per heavy atom. The first-order chi connectivity index (χ1) is 13.0. The van der Waals surface area contributed by atoms with E-state index in [1.807, 2.05) is 0 Å². The number of ether oxygens (including phenoxy) is 3. The third kappa shape index (κ3) is 3.62. The Hall–Kier alpha value is -2.97. The average Bonchev–Trinajstić information content (AvgIpc) is 2.69. The Kier molecular flexibility index (Phi) is 5.38. The minimum Gasteiger partial charge on any atom is -0.493 e. The first-order valence-electron chi connectivity index (χ1n) is 8.62. The van der Waals surface area contributed by atoms with Gasteiger partial charge in [-0.25, -0.2) is 0 Å². The number of nitrogens with zero attached hydrogens (tertiary/aromatic N) is 2. The Morgan fingerprint density at radius 3 is 2.37 bits per heavy atom. The SMILES string of the molecule is COc1cc(CC(=O)N2CCN3C(=O)CNC(=O)[C@H]3C2)cc(OC)c1OC. The predicted molar refractivity (Wildman–Crippen MR) is 94.9 cm³/mol. The largest absolute Gasteiger partial charge is 0.493 e. The number of piperazine rings is 2. The molecule has 3 rings (SSSR count). The van der Waals surface area contributed by atoms with Crippen LogP contribution in [-0.2, 0) is 20.8 Å². The lowest BCUT2D eigenvalue weighted by atomic mass is 10.1. The molecule has 2 fully saturated rings. The Bertz CT molecular complexity index is 740. The molecule has 9 nitrogen and oxygen atoms in total. The summed E-state index contributed by atoms with van der Waals surface area (Å²) < 4.78 is 15.9. The van der Waals surface area contributed by atoms with E-state index in [-0.39, 0.29) is 37.2 Å². The van der Waals surface area contributed by atoms with Crippen molar-refractivity contribution in [3.8, 4) is 17.2 Å². The van der Waals surface area contributed by atoms with E-state index in [0.29, 0.717) is 35.9 Å². The van der Waals surface area contributed by atoms with Crippen LogP contribution in [0.1, 0.15) is 5.56 Å². The maximum Gasteiger partial charge on any atom is 0.245 e. The number of methoxy groups -OCH3 is 3. The molecule has 1 aromatic carbocycles. The molecule has 2 heterocycles. The van der Waals surface area contributed by atoms with Crippen LogP contribution in [0.15, 0.2) is 12.1 Å². The van der Waals surface area contributed by atoms with Crippen molar-refractivity contribution in [1.82, 2.24) is 15.1 Å². The fourth-order valence-electron chi connectivity index (χ4n) is 3.44. The summed E-state index contributed by atoms with van der Waals surface area (Å²) in [6.07, 6.45) is 0.124. The molecule has 0 bridgehead atoms. The predicted octanol–water partition coefficient (Wildman–Crippen LogP) is -0.576. The molecular weight excluding hydrogens is 354 g/mol. The highest BCUT2D eigenvalue weighted by molar-refractivity contribution is 5.95. The second kappa shape index (κ2) is 7.73. The smallest absolute Gasteiger partial charge is 0.245 e. The van der Waals surface area contributed by atoms with Crippen LogP contribution < -0.4 is 19.5 Å². The average molecular weight is 377 g/mol. The van der Waals surface area contributed by atoms with Gasteiger partial charge in [0, 0.05) is 13.1 Å². The fraction of sp³-hybridized carbons (Fsp3) is 0.500. The summed E-state index contributed by atoms with van der Waals surface area (Å²) in [5.41, 5.74) is 0.709. The molecule has 0 radical (unpaired) electrons. The van der Waals surface area contributed by atoms with Gasteiger partial charge in [0.1, 0.15) is 6.04 Å². The van der Waals surface area contributed by atoms with Crippen LogP contribution in [0.5, 0.6) is 17.2 Å². The Morgan fingerprint density at radius 1 is 1.11 bits per heavy atom. The second-order valence-corrected chi connectivity index (χ2v) is 6.37. The van der Waals surface area contributed by atoms with Gasteiger partial charge in [-0.1, -0.05) is 0 Å². The molecule has 1 atom stereocenters. The fourth-order valence-corrected chi connectivity index (χ4v) is 3.44. The van der Waals surface area contributed by atoms with E-state index < -0.39 is 6.04 Å². The van der Waals surface area contributed by atoms with Crippen LogP contribution in [0, 0.1) is 0 Å². The summed E-state index contributed by atoms with van der Waals surface area (Å²) >= 11 is 0. The molecule has 0 unspecified atom stereocenters. The zero-order chi connectivity index (χ0) is 19.6. The van der Waals surface area contributed by atoms with E-state index in [2.05, 4.69) is 5.32 Å². The zero-order valence-electron chi connectivity index (χ0n) is 15.6. The van der Waals surface area contributed by atoms with Crippen molar-refractivity contribution >= 4 is 17.7 Å². The second-order valence-electron chi connectivity index (χ2n) is 6.37. The molecule has 0 saturated carbocycles. The molecule has 2 aliphatic rings. The summed E-state index contributed by atoms with van der Waals surface area (Å²) in [6.45, 7) is 0.978. The molecular formula is C18H23N3O6. The van der Waals surface area contributed by atoms with E-state index in [1.54, 1.807) is 21.9 Å². The summed E-state index contributed by atoms with van der Waals surface area (Å²) in [5.74, 6) is 0.941. The van der Waals surface area contributed by atoms with Gasteiger partial charge < -0.3 is 29.3 Å². The van der Waals surface area contributed by atoms with Gasteiger partial charge in [0.25, 0.3) is 0 Å². The van der Waals surface area contributed by atoms with Crippen LogP contribution in [0.3, 0.4) is 0 Å². The maximum absolute atomic E-state index is 12.8. The normalized spacial score (nSPS) is 19.3. The van der Waals surface area contributed by atoms with Gasteiger partial charge in [0.15, 0.2) is 11.5 Å². The van der Waals surface area contributed by atoms with Crippen LogP contribution >= 0.6 is 0 Å². The van der Waals surface area contributed by atoms with Gasteiger partial charge in [0.05, 0.1) is 40.8 Å². The molecule has 2 aliphatic heterocycles. The van der Waals surface area contributed by atoms with E-state index >= 15 is 0 Å². The first-order valence-corrected chi connectivity index (χ1v) is 8.62. The molecule has 0 aliphatic carbocycles. The van der Waals surface area contributed by atoms with Gasteiger partial charge in [0.2, 0.25) is 23.5 Å². The Labute approximate surface area is 157 Å². The third-order valence-electron chi connectivity index (χ3n) is 4.85. The standard InChI is InChI=1S/C18H23N3O6/c1-25-13-6-11(7-14(26-2)17(13)27-3)8-15(22)20-4-5-21-12(10-20)18(24)19-9-16(21)23/h6-7,12H,4-5,8-10H2,1-3H3,(H,19,24)/t12-/m1/s1. The zero-order valence-corrected chi connectivity index (χ0v) is 15.6. The number of fused-ring (bicyclic) bond motifs is 1. The van der Waals surface area contributed by atoms with E-state index in [0.717, 1.165) is 0 Å². The Balaban J connectivity index is 1.74. The number of hydrogen-bond donors (Lipinski definition) is 1. The van der Waals surface area contributed by atoms with Gasteiger partial charge in [-0.15, -0.1) is 0 Å². The number of carbonyl (C=O) groups is 3. The maximum atomic E-state index is 12.8. The number of hydrogen-bond acceptors (Lipinski definition) is 6. The van der Waals surface area contributed by atoms with Gasteiger partial charge in [-0.2, -0.15) is 0 Å². The van der Waals surface area contributed by atoms with Gasteiger partial charge in [-0.3, -0.25) is 14.4 Å². The number of amides is 3. The summed E-state index contributed by atoms with van der Waals surface area (Å²) in [4.78, 5) is 39.9. The number of rotatable bonds is 5. The molecule has 0 spiro atoms. The molecule has 1 N–H and O–H groups in total. The van der Waals surface area contributed by atoms with Crippen molar-refractivity contribution in [2.75, 3.05) is 47.5 Å². The van der Waals surface area contributed by atoms with Gasteiger partial charge >= 0.3 is 0 Å². The van der Waals surface area contributed by atoms with E-state index in [9.17, 15) is 14.4 Å². The summed E-state index contributed by atoms with van der Waals surface area (Å²) in [5, 5.41) is 2.57. The van der Waals surface area contributed by atoms with Crippen molar-refractivity contribution < 1.29 is 28.6 Å². The van der Waals surface area contributed by atoms with Crippen molar-refractivity contribution in [3.05, 3.63) is 17.7 Å². The monoisotopic (exact) mass is 377 g/mol. The van der Waals surface area contributed by atoms with Gasteiger partial charge in [-0.05, 0) is 17.7 Å². The molecule has 1 aromatic rings. The minimum absolute atomic E-state index is 0.0225. The van der Waals surface area contributed by atoms with Crippen molar-refractivity contribution in [2.45, 2.75) is 12.5 Å². The van der Waals surface area contributed by atoms with Crippen LogP contribution in [0.2, 0.25) is 0 Å². The quantitative estimate of drug-likeness (QED) is 0.738. The van der Waals surface area contributed by atoms with Crippen LogP contribution in [0.25, 0.3) is 0 Å². The van der Waals surface area contributed by atoms with Crippen LogP contribution in [-0.4, -0.2) is 81.1 Å². The number of carbonyl (C=O) groups excluding carboxylic acids is 3. The molecule has 0 aromatic heterocycles. The van der Waals surface area contributed by atoms with Crippen molar-refractivity contribution in [3.63, 3.8) is 0 Å². The molecule has 27 heavy (non-hydrogen) atoms. The number of benzene rings is 1. The molecule has 3 amide bonds. The summed E-state index contributed by atoms with van der Waals surface area (Å²) in [6, 6.07) is 2.84. The van der Waals surface area contributed by atoms with E-state index in [4.69, 9.17) is 14.2 Å². The lowest BCUT2D eigenvalue weighted by Crippen LogP contribution is -2.66. The van der Waals surface area contributed by atoms with E-state index in [1.165, 1.54) is 21.3 Å². The highest BCUT2D eigenvalue weighted by Gasteiger charge is 2.39. The third-order valence-corrected chi connectivity index (χ3v) is 4.85. The van der Waals surface area contributed by atoms with Crippen LogP contribution in [0.4, 0.5) is 0 Å². The topological polar surface area (TPSA) is 97.4 Å². The molecule has 2 saturated heterocycles. The van der Waals surface area contributed by atoms with Crippen molar-refractivity contribution in [2.24, 2.45) is 0 Å². The number of nitrogens with one attached hydrogen (secondary N) is 1. The highest BCUT2D eigenvalue weighted by Crippen LogP contribution is 2.38. The molecule has 9 heteroatoms. The highest BCUT2D eigenvalue weighted by atomic mass is 16.5. The summed E-state index contributed by atoms with van der Waals surface area (Å²) in [7, 11) is 4.54. The lowest BCUT2D eigenvalue weighted by Gasteiger charge is -2.42. The minimum atomic E-state index is -0.621. The molecule has 146 valence electrons. The lowest BCUT2D eigenvalue weighted by molar-refractivity contribution is -0.152. The van der Waals surface area contributed by atoms with Crippen molar-refractivity contribution in [1.29, 1.82) is 0 Å².